The summed E-state index contributed by atoms with van der Waals surface area (Å²) in [7, 11) is 3.44. The monoisotopic (exact) mass is 551 g/mol. The summed E-state index contributed by atoms with van der Waals surface area (Å²) in [6.07, 6.45) is -3.33. The third-order valence-electron chi connectivity index (χ3n) is 5.79. The molecule has 0 bridgehead atoms. The van der Waals surface area contributed by atoms with Gasteiger partial charge in [0, 0.05) is 42.8 Å². The SMILES string of the molecule is C/C(=N/N(C)C)N(C=O)c1ccc(-c2cc3c(C(=O)Nc4cccc(C(N)=O)c4)cc(C(F)(F)F)cn3n2)cc1. The Bertz CT molecular complexity index is 1630. The van der Waals surface area contributed by atoms with E-state index in [1.54, 1.807) is 50.3 Å². The zero-order valence-corrected chi connectivity index (χ0v) is 21.6. The van der Waals surface area contributed by atoms with Crippen LogP contribution in [0.1, 0.15) is 33.2 Å². The smallest absolute Gasteiger partial charge is 0.366 e. The first-order chi connectivity index (χ1) is 18.9. The average Bonchev–Trinajstić information content (AvgIpc) is 3.32. The highest BCUT2D eigenvalue weighted by Crippen LogP contribution is 2.32. The molecule has 2 heterocycles. The third-order valence-corrected chi connectivity index (χ3v) is 5.79. The lowest BCUT2D eigenvalue weighted by Gasteiger charge is -2.18. The van der Waals surface area contributed by atoms with Gasteiger partial charge < -0.3 is 16.1 Å². The lowest BCUT2D eigenvalue weighted by atomic mass is 10.1. The number of hydrogen-bond acceptors (Lipinski definition) is 6. The first-order valence-electron chi connectivity index (χ1n) is 11.8. The normalized spacial score (nSPS) is 11.8. The van der Waals surface area contributed by atoms with Gasteiger partial charge in [-0.25, -0.2) is 4.52 Å². The van der Waals surface area contributed by atoms with Crippen LogP contribution in [0.3, 0.4) is 0 Å². The van der Waals surface area contributed by atoms with E-state index in [9.17, 15) is 27.6 Å². The molecular weight excluding hydrogens is 527 g/mol. The first kappa shape index (κ1) is 27.8. The molecule has 0 spiro atoms. The van der Waals surface area contributed by atoms with Crippen molar-refractivity contribution in [1.82, 2.24) is 14.6 Å². The molecule has 0 aliphatic carbocycles. The van der Waals surface area contributed by atoms with E-state index in [2.05, 4.69) is 15.5 Å². The van der Waals surface area contributed by atoms with E-state index in [-0.39, 0.29) is 22.3 Å². The van der Waals surface area contributed by atoms with Crippen molar-refractivity contribution in [1.29, 1.82) is 0 Å². The summed E-state index contributed by atoms with van der Waals surface area (Å²) >= 11 is 0. The Hall–Kier alpha value is -5.20. The largest absolute Gasteiger partial charge is 0.417 e. The highest BCUT2D eigenvalue weighted by atomic mass is 19.4. The van der Waals surface area contributed by atoms with E-state index < -0.39 is 23.6 Å². The summed E-state index contributed by atoms with van der Waals surface area (Å²) in [5.41, 5.74) is 5.70. The van der Waals surface area contributed by atoms with Crippen LogP contribution in [0.25, 0.3) is 16.8 Å². The predicted molar refractivity (Wildman–Crippen MR) is 144 cm³/mol. The molecule has 0 atom stereocenters. The predicted octanol–water partition coefficient (Wildman–Crippen LogP) is 4.23. The number of alkyl halides is 3. The van der Waals surface area contributed by atoms with Crippen molar-refractivity contribution in [2.45, 2.75) is 13.1 Å². The fraction of sp³-hybridized carbons (Fsp3) is 0.148. The number of primary amides is 1. The molecule has 0 radical (unpaired) electrons. The van der Waals surface area contributed by atoms with Gasteiger partial charge in [-0.15, -0.1) is 0 Å². The van der Waals surface area contributed by atoms with Gasteiger partial charge in [0.25, 0.3) is 5.91 Å². The number of amides is 3. The van der Waals surface area contributed by atoms with Gasteiger partial charge in [0.15, 0.2) is 0 Å². The number of halogens is 3. The van der Waals surface area contributed by atoms with Gasteiger partial charge in [-0.3, -0.25) is 19.3 Å². The number of carbonyl (C=O) groups excluding carboxylic acids is 3. The van der Waals surface area contributed by atoms with E-state index >= 15 is 0 Å². The highest BCUT2D eigenvalue weighted by Gasteiger charge is 2.33. The minimum Gasteiger partial charge on any atom is -0.366 e. The highest BCUT2D eigenvalue weighted by molar-refractivity contribution is 6.10. The number of nitrogens with two attached hydrogens (primary N) is 1. The second kappa shape index (κ2) is 10.9. The Kier molecular flexibility index (Phi) is 7.57. The number of fused-ring (bicyclic) bond motifs is 1. The average molecular weight is 552 g/mol. The van der Waals surface area contributed by atoms with E-state index in [1.165, 1.54) is 35.2 Å². The van der Waals surface area contributed by atoms with Gasteiger partial charge in [0.05, 0.1) is 22.3 Å². The number of amidine groups is 1. The topological polar surface area (TPSA) is 125 Å². The van der Waals surface area contributed by atoms with Crippen molar-refractivity contribution in [2.75, 3.05) is 24.3 Å². The van der Waals surface area contributed by atoms with Crippen LogP contribution in [0.4, 0.5) is 24.5 Å². The number of pyridine rings is 1. The lowest BCUT2D eigenvalue weighted by Crippen LogP contribution is -2.28. The molecule has 2 aromatic carbocycles. The molecule has 13 heteroatoms. The standard InChI is InChI=1S/C27H24F3N7O3/c1-16(33-35(2)3)36(15-38)21-9-7-17(8-10-21)23-13-24-22(12-19(27(28,29)30)14-37(24)34-23)26(40)32-20-6-4-5-18(11-20)25(31)39/h4-15H,1-3H3,(H2,31,39)(H,32,40)/b33-16-. The molecule has 0 fully saturated rings. The number of nitrogens with zero attached hydrogens (tertiary/aromatic N) is 5. The fourth-order valence-corrected chi connectivity index (χ4v) is 3.97. The Morgan fingerprint density at radius 1 is 1.07 bits per heavy atom. The second-order valence-electron chi connectivity index (χ2n) is 8.92. The molecule has 2 aromatic heterocycles. The Morgan fingerprint density at radius 3 is 2.38 bits per heavy atom. The summed E-state index contributed by atoms with van der Waals surface area (Å²) in [6.45, 7) is 1.67. The Morgan fingerprint density at radius 2 is 1.77 bits per heavy atom. The van der Waals surface area contributed by atoms with Crippen molar-refractivity contribution >= 4 is 41.0 Å². The third kappa shape index (κ3) is 5.93. The molecule has 4 rings (SSSR count). The van der Waals surface area contributed by atoms with E-state index in [0.717, 1.165) is 16.8 Å². The molecule has 4 aromatic rings. The minimum absolute atomic E-state index is 0.124. The number of carbonyl (C=O) groups is 3. The maximum Gasteiger partial charge on any atom is 0.417 e. The number of anilines is 2. The molecular formula is C27H24F3N7O3. The fourth-order valence-electron chi connectivity index (χ4n) is 3.97. The number of hydrazone groups is 1. The van der Waals surface area contributed by atoms with E-state index in [1.807, 2.05) is 0 Å². The van der Waals surface area contributed by atoms with Crippen LogP contribution in [0.15, 0.2) is 72.0 Å². The molecule has 10 nitrogen and oxygen atoms in total. The first-order valence-corrected chi connectivity index (χ1v) is 11.8. The lowest BCUT2D eigenvalue weighted by molar-refractivity contribution is -0.137. The van der Waals surface area contributed by atoms with Gasteiger partial charge in [-0.2, -0.15) is 23.4 Å². The maximum atomic E-state index is 13.7. The number of rotatable bonds is 7. The maximum absolute atomic E-state index is 13.7. The van der Waals surface area contributed by atoms with Gasteiger partial charge in [-0.1, -0.05) is 18.2 Å². The van der Waals surface area contributed by atoms with Crippen molar-refractivity contribution in [3.05, 3.63) is 83.6 Å². The van der Waals surface area contributed by atoms with Crippen LogP contribution < -0.4 is 16.0 Å². The van der Waals surface area contributed by atoms with Crippen LogP contribution in [0.2, 0.25) is 0 Å². The molecule has 0 aliphatic rings. The second-order valence-corrected chi connectivity index (χ2v) is 8.92. The number of hydrogen-bond donors (Lipinski definition) is 2. The van der Waals surface area contributed by atoms with Gasteiger partial charge in [-0.05, 0) is 49.4 Å². The quantitative estimate of drug-likeness (QED) is 0.154. The Labute approximate surface area is 226 Å². The van der Waals surface area contributed by atoms with Crippen molar-refractivity contribution in [3.63, 3.8) is 0 Å². The van der Waals surface area contributed by atoms with Crippen molar-refractivity contribution in [2.24, 2.45) is 10.8 Å². The zero-order valence-electron chi connectivity index (χ0n) is 21.6. The van der Waals surface area contributed by atoms with Gasteiger partial charge >= 0.3 is 6.18 Å². The molecule has 40 heavy (non-hydrogen) atoms. The van der Waals surface area contributed by atoms with Crippen LogP contribution in [-0.4, -0.2) is 52.8 Å². The van der Waals surface area contributed by atoms with E-state index in [0.29, 0.717) is 29.2 Å². The van der Waals surface area contributed by atoms with Crippen LogP contribution in [0, 0.1) is 0 Å². The number of nitrogens with one attached hydrogen (secondary N) is 1. The van der Waals surface area contributed by atoms with Gasteiger partial charge in [0.2, 0.25) is 12.3 Å². The summed E-state index contributed by atoms with van der Waals surface area (Å²) in [5, 5.41) is 12.5. The minimum atomic E-state index is -4.74. The molecule has 3 amide bonds. The van der Waals surface area contributed by atoms with Crippen molar-refractivity contribution in [3.8, 4) is 11.3 Å². The number of benzene rings is 2. The molecule has 0 saturated heterocycles. The van der Waals surface area contributed by atoms with Crippen LogP contribution in [0.5, 0.6) is 0 Å². The molecule has 0 saturated carbocycles. The van der Waals surface area contributed by atoms with E-state index in [4.69, 9.17) is 5.73 Å². The van der Waals surface area contributed by atoms with Gasteiger partial charge in [0.1, 0.15) is 5.84 Å². The molecule has 0 unspecified atom stereocenters. The molecule has 0 aliphatic heterocycles. The summed E-state index contributed by atoms with van der Waals surface area (Å²) in [6, 6.07) is 14.5. The molecule has 3 N–H and O–H groups in total. The Balaban J connectivity index is 1.73. The zero-order chi connectivity index (χ0) is 29.2. The summed E-state index contributed by atoms with van der Waals surface area (Å²) < 4.78 is 42.0. The van der Waals surface area contributed by atoms with Crippen LogP contribution >= 0.6 is 0 Å². The summed E-state index contributed by atoms with van der Waals surface area (Å²) in [4.78, 5) is 37.6. The summed E-state index contributed by atoms with van der Waals surface area (Å²) in [5.74, 6) is -1.13. The van der Waals surface area contributed by atoms with Crippen LogP contribution in [-0.2, 0) is 11.0 Å². The van der Waals surface area contributed by atoms with Crippen molar-refractivity contribution < 1.29 is 27.6 Å². The number of aromatic nitrogens is 2. The molecule has 206 valence electrons.